The summed E-state index contributed by atoms with van der Waals surface area (Å²) in [6, 6.07) is -1.05. The van der Waals surface area contributed by atoms with Crippen LogP contribution in [0.4, 0.5) is 0 Å². The molecule has 1 heterocycles. The molecule has 0 saturated heterocycles. The van der Waals surface area contributed by atoms with Gasteiger partial charge in [-0.1, -0.05) is 11.8 Å². The van der Waals surface area contributed by atoms with Gasteiger partial charge in [-0.2, -0.15) is 0 Å². The number of carboxylic acids is 2. The van der Waals surface area contributed by atoms with Crippen LogP contribution in [0.25, 0.3) is 0 Å². The number of hydrogen-bond donors (Lipinski definition) is 3. The van der Waals surface area contributed by atoms with Gasteiger partial charge in [0.15, 0.2) is 5.16 Å². The largest absolute Gasteiger partial charge is 0.481 e. The summed E-state index contributed by atoms with van der Waals surface area (Å²) in [4.78, 5) is 33.1. The summed E-state index contributed by atoms with van der Waals surface area (Å²) in [6.45, 7) is 0. The number of nitrogens with zero attached hydrogens (tertiary/aromatic N) is 3. The Hall–Kier alpha value is -2.10. The fraction of sp³-hybridized carbons (Fsp3) is 0.545. The number of rotatable bonds is 8. The van der Waals surface area contributed by atoms with Crippen LogP contribution in [-0.4, -0.2) is 54.6 Å². The number of amides is 1. The van der Waals surface area contributed by atoms with Crippen LogP contribution in [0.3, 0.4) is 0 Å². The Bertz CT molecular complexity index is 557. The molecule has 1 fully saturated rings. The van der Waals surface area contributed by atoms with E-state index in [0.717, 1.165) is 24.6 Å². The van der Waals surface area contributed by atoms with Crippen molar-refractivity contribution < 1.29 is 24.6 Å². The molecule has 3 N–H and O–H groups in total. The molecule has 1 saturated carbocycles. The van der Waals surface area contributed by atoms with E-state index in [1.807, 2.05) is 4.57 Å². The van der Waals surface area contributed by atoms with Crippen LogP contribution in [0.5, 0.6) is 0 Å². The Kier molecular flexibility index (Phi) is 4.78. The normalized spacial score (nSPS) is 15.4. The molecule has 1 amide bonds. The maximum absolute atomic E-state index is 11.7. The number of carboxylic acid groups (broad SMARTS) is 2. The second-order valence-corrected chi connectivity index (χ2v) is 5.54. The molecular weight excluding hydrogens is 300 g/mol. The molecule has 1 atom stereocenters. The van der Waals surface area contributed by atoms with Crippen molar-refractivity contribution in [1.29, 1.82) is 0 Å². The third-order valence-corrected chi connectivity index (χ3v) is 3.78. The Morgan fingerprint density at radius 2 is 2.14 bits per heavy atom. The Morgan fingerprint density at radius 3 is 2.71 bits per heavy atom. The highest BCUT2D eigenvalue weighted by atomic mass is 32.2. The molecule has 0 radical (unpaired) electrons. The van der Waals surface area contributed by atoms with E-state index in [4.69, 9.17) is 10.2 Å². The number of carbonyl (C=O) groups excluding carboxylic acids is 1. The standard InChI is InChI=1S/C11H14N4O5S/c16-8(13-7(10(19)20)3-9(17)18)4-21-11-14-12-5-15(11)6-1-2-6/h5-7H,1-4H2,(H,13,16)(H,17,18)(H,19,20)/t7-/m0/s1. The highest BCUT2D eigenvalue weighted by molar-refractivity contribution is 7.99. The second-order valence-electron chi connectivity index (χ2n) is 4.60. The minimum Gasteiger partial charge on any atom is -0.481 e. The Morgan fingerprint density at radius 1 is 1.43 bits per heavy atom. The Balaban J connectivity index is 1.84. The van der Waals surface area contributed by atoms with Gasteiger partial charge >= 0.3 is 11.9 Å². The van der Waals surface area contributed by atoms with Crippen molar-refractivity contribution in [3.63, 3.8) is 0 Å². The van der Waals surface area contributed by atoms with E-state index >= 15 is 0 Å². The molecule has 10 heteroatoms. The van der Waals surface area contributed by atoms with Crippen molar-refractivity contribution >= 4 is 29.6 Å². The summed E-state index contributed by atoms with van der Waals surface area (Å²) in [7, 11) is 0. The molecule has 1 aromatic heterocycles. The summed E-state index contributed by atoms with van der Waals surface area (Å²) in [5.74, 6) is -3.27. The van der Waals surface area contributed by atoms with Gasteiger partial charge in [0.2, 0.25) is 5.91 Å². The summed E-state index contributed by atoms with van der Waals surface area (Å²) < 4.78 is 1.88. The van der Waals surface area contributed by atoms with E-state index in [9.17, 15) is 14.4 Å². The first kappa shape index (κ1) is 15.3. The molecule has 114 valence electrons. The van der Waals surface area contributed by atoms with Gasteiger partial charge in [0.25, 0.3) is 0 Å². The molecule has 1 aliphatic carbocycles. The van der Waals surface area contributed by atoms with Crippen molar-refractivity contribution in [3.05, 3.63) is 6.33 Å². The van der Waals surface area contributed by atoms with E-state index in [-0.39, 0.29) is 5.75 Å². The minimum atomic E-state index is -1.43. The van der Waals surface area contributed by atoms with Crippen LogP contribution < -0.4 is 5.32 Å². The number of aliphatic carboxylic acids is 2. The van der Waals surface area contributed by atoms with Gasteiger partial charge in [-0.15, -0.1) is 10.2 Å². The van der Waals surface area contributed by atoms with Gasteiger partial charge in [0.05, 0.1) is 12.2 Å². The van der Waals surface area contributed by atoms with Crippen molar-refractivity contribution in [3.8, 4) is 0 Å². The van der Waals surface area contributed by atoms with Crippen LogP contribution in [0.2, 0.25) is 0 Å². The maximum atomic E-state index is 11.7. The molecule has 1 aliphatic rings. The highest BCUT2D eigenvalue weighted by Gasteiger charge is 2.27. The van der Waals surface area contributed by atoms with E-state index in [0.29, 0.717) is 11.2 Å². The van der Waals surface area contributed by atoms with Gasteiger partial charge in [-0.05, 0) is 12.8 Å². The predicted molar refractivity (Wildman–Crippen MR) is 70.8 cm³/mol. The first-order valence-electron chi connectivity index (χ1n) is 6.23. The summed E-state index contributed by atoms with van der Waals surface area (Å²) in [5, 5.41) is 27.9. The average molecular weight is 314 g/mol. The molecule has 21 heavy (non-hydrogen) atoms. The average Bonchev–Trinajstić information content (AvgIpc) is 3.14. The van der Waals surface area contributed by atoms with Gasteiger partial charge < -0.3 is 20.1 Å². The number of carbonyl (C=O) groups is 3. The number of thioether (sulfide) groups is 1. The van der Waals surface area contributed by atoms with E-state index in [1.54, 1.807) is 6.33 Å². The molecule has 0 spiro atoms. The molecule has 0 aliphatic heterocycles. The lowest BCUT2D eigenvalue weighted by molar-refractivity contribution is -0.147. The smallest absolute Gasteiger partial charge is 0.326 e. The lowest BCUT2D eigenvalue weighted by Crippen LogP contribution is -2.43. The second kappa shape index (κ2) is 6.57. The number of nitrogens with one attached hydrogen (secondary N) is 1. The van der Waals surface area contributed by atoms with Crippen molar-refractivity contribution in [2.75, 3.05) is 5.75 Å². The van der Waals surface area contributed by atoms with Crippen molar-refractivity contribution in [1.82, 2.24) is 20.1 Å². The molecule has 0 aromatic carbocycles. The van der Waals surface area contributed by atoms with Crippen LogP contribution in [-0.2, 0) is 14.4 Å². The molecule has 0 bridgehead atoms. The fourth-order valence-electron chi connectivity index (χ4n) is 1.68. The number of hydrogen-bond acceptors (Lipinski definition) is 6. The summed E-state index contributed by atoms with van der Waals surface area (Å²) in [5.41, 5.74) is 0. The predicted octanol–water partition coefficient (Wildman–Crippen LogP) is -0.251. The van der Waals surface area contributed by atoms with Crippen molar-refractivity contribution in [2.24, 2.45) is 0 Å². The van der Waals surface area contributed by atoms with Crippen molar-refractivity contribution in [2.45, 2.75) is 36.5 Å². The maximum Gasteiger partial charge on any atom is 0.326 e. The van der Waals surface area contributed by atoms with Crippen LogP contribution in [0, 0.1) is 0 Å². The monoisotopic (exact) mass is 314 g/mol. The summed E-state index contributed by atoms with van der Waals surface area (Å²) >= 11 is 1.14. The summed E-state index contributed by atoms with van der Waals surface area (Å²) in [6.07, 6.45) is 3.04. The van der Waals surface area contributed by atoms with Gasteiger partial charge in [-0.25, -0.2) is 4.79 Å². The van der Waals surface area contributed by atoms with Crippen LogP contribution >= 0.6 is 11.8 Å². The first-order valence-corrected chi connectivity index (χ1v) is 7.22. The third kappa shape index (κ3) is 4.45. The lowest BCUT2D eigenvalue weighted by Gasteiger charge is -2.12. The Labute approximate surface area is 123 Å². The lowest BCUT2D eigenvalue weighted by atomic mass is 10.2. The van der Waals surface area contributed by atoms with E-state index in [1.165, 1.54) is 0 Å². The third-order valence-electron chi connectivity index (χ3n) is 2.82. The number of aromatic nitrogens is 3. The van der Waals surface area contributed by atoms with Gasteiger partial charge in [0, 0.05) is 6.04 Å². The highest BCUT2D eigenvalue weighted by Crippen LogP contribution is 2.37. The molecule has 0 unspecified atom stereocenters. The van der Waals surface area contributed by atoms with Gasteiger partial charge in [-0.3, -0.25) is 9.59 Å². The molecular formula is C11H14N4O5S. The van der Waals surface area contributed by atoms with E-state index in [2.05, 4.69) is 15.5 Å². The topological polar surface area (TPSA) is 134 Å². The molecule has 2 rings (SSSR count). The first-order chi connectivity index (χ1) is 9.97. The quantitative estimate of drug-likeness (QED) is 0.559. The van der Waals surface area contributed by atoms with Gasteiger partial charge in [0.1, 0.15) is 12.4 Å². The molecule has 1 aromatic rings. The van der Waals surface area contributed by atoms with Crippen LogP contribution in [0.1, 0.15) is 25.3 Å². The fourth-order valence-corrected chi connectivity index (χ4v) is 2.47. The zero-order valence-electron chi connectivity index (χ0n) is 10.9. The van der Waals surface area contributed by atoms with E-state index < -0.39 is 30.3 Å². The SMILES string of the molecule is O=C(O)C[C@H](NC(=O)CSc1nncn1C1CC1)C(=O)O. The minimum absolute atomic E-state index is 0.0468. The zero-order valence-corrected chi connectivity index (χ0v) is 11.7. The zero-order chi connectivity index (χ0) is 15.4. The van der Waals surface area contributed by atoms with Crippen LogP contribution in [0.15, 0.2) is 11.5 Å². The molecule has 9 nitrogen and oxygen atoms in total.